The summed E-state index contributed by atoms with van der Waals surface area (Å²) in [7, 11) is 1.83. The van der Waals surface area contributed by atoms with Gasteiger partial charge in [0.1, 0.15) is 5.76 Å². The maximum absolute atomic E-state index is 12.0. The van der Waals surface area contributed by atoms with Gasteiger partial charge >= 0.3 is 0 Å². The molecule has 2 rings (SSSR count). The molecule has 0 aliphatic rings. The van der Waals surface area contributed by atoms with Gasteiger partial charge in [-0.1, -0.05) is 0 Å². The Bertz CT molecular complexity index is 526. The largest absolute Gasteiger partial charge is 0.467 e. The highest BCUT2D eigenvalue weighted by atomic mass is 16.3. The number of rotatable bonds is 3. The van der Waals surface area contributed by atoms with Gasteiger partial charge in [0.2, 0.25) is 0 Å². The van der Waals surface area contributed by atoms with Crippen molar-refractivity contribution in [1.29, 1.82) is 0 Å². The summed E-state index contributed by atoms with van der Waals surface area (Å²) in [4.78, 5) is 12.0. The van der Waals surface area contributed by atoms with Gasteiger partial charge in [0.15, 0.2) is 0 Å². The number of carbonyl (C=O) groups excluding carboxylic acids is 1. The fourth-order valence-corrected chi connectivity index (χ4v) is 1.77. The lowest BCUT2D eigenvalue weighted by Crippen LogP contribution is -2.23. The Kier molecular flexibility index (Phi) is 2.99. The van der Waals surface area contributed by atoms with E-state index in [1.807, 2.05) is 27.0 Å². The predicted molar refractivity (Wildman–Crippen MR) is 62.6 cm³/mol. The van der Waals surface area contributed by atoms with E-state index in [2.05, 4.69) is 10.4 Å². The summed E-state index contributed by atoms with van der Waals surface area (Å²) in [6.07, 6.45) is 1.59. The monoisotopic (exact) mass is 233 g/mol. The zero-order valence-electron chi connectivity index (χ0n) is 10.2. The zero-order valence-corrected chi connectivity index (χ0v) is 10.2. The highest BCUT2D eigenvalue weighted by Gasteiger charge is 2.16. The van der Waals surface area contributed by atoms with Crippen molar-refractivity contribution in [2.75, 3.05) is 0 Å². The third-order valence-corrected chi connectivity index (χ3v) is 2.74. The minimum absolute atomic E-state index is 0.121. The SMILES string of the molecule is Cc1nn(C)c(C)c1C(=O)NCc1ccco1. The van der Waals surface area contributed by atoms with Gasteiger partial charge in [-0.15, -0.1) is 0 Å². The topological polar surface area (TPSA) is 60.1 Å². The average molecular weight is 233 g/mol. The van der Waals surface area contributed by atoms with E-state index in [0.717, 1.165) is 17.1 Å². The Morgan fingerprint density at radius 2 is 2.29 bits per heavy atom. The number of hydrogen-bond acceptors (Lipinski definition) is 3. The summed E-state index contributed by atoms with van der Waals surface area (Å²) in [5.41, 5.74) is 2.24. The standard InChI is InChI=1S/C12H15N3O2/c1-8-11(9(2)15(3)14-8)12(16)13-7-10-5-4-6-17-10/h4-6H,7H2,1-3H3,(H,13,16). The van der Waals surface area contributed by atoms with Crippen LogP contribution >= 0.6 is 0 Å². The van der Waals surface area contributed by atoms with Crippen molar-refractivity contribution in [2.24, 2.45) is 7.05 Å². The molecule has 0 radical (unpaired) electrons. The van der Waals surface area contributed by atoms with E-state index < -0.39 is 0 Å². The molecule has 5 nitrogen and oxygen atoms in total. The van der Waals surface area contributed by atoms with Crippen molar-refractivity contribution in [2.45, 2.75) is 20.4 Å². The lowest BCUT2D eigenvalue weighted by atomic mass is 10.2. The minimum atomic E-state index is -0.121. The number of nitrogens with one attached hydrogen (secondary N) is 1. The van der Waals surface area contributed by atoms with E-state index in [4.69, 9.17) is 4.42 Å². The molecule has 90 valence electrons. The summed E-state index contributed by atoms with van der Waals surface area (Å²) in [5, 5.41) is 7.02. The van der Waals surface area contributed by atoms with Crippen LogP contribution in [0, 0.1) is 13.8 Å². The third-order valence-electron chi connectivity index (χ3n) is 2.74. The Morgan fingerprint density at radius 1 is 1.53 bits per heavy atom. The second-order valence-electron chi connectivity index (χ2n) is 3.93. The molecule has 0 atom stereocenters. The van der Waals surface area contributed by atoms with Crippen LogP contribution in [0.2, 0.25) is 0 Å². The predicted octanol–water partition coefficient (Wildman–Crippen LogP) is 1.56. The van der Waals surface area contributed by atoms with Gasteiger partial charge in [-0.2, -0.15) is 5.10 Å². The Hall–Kier alpha value is -2.04. The molecule has 0 saturated heterocycles. The van der Waals surface area contributed by atoms with E-state index in [9.17, 15) is 4.79 Å². The normalized spacial score (nSPS) is 10.5. The highest BCUT2D eigenvalue weighted by molar-refractivity contribution is 5.96. The van der Waals surface area contributed by atoms with E-state index in [0.29, 0.717) is 12.1 Å². The number of aryl methyl sites for hydroxylation is 2. The average Bonchev–Trinajstić information content (AvgIpc) is 2.86. The highest BCUT2D eigenvalue weighted by Crippen LogP contribution is 2.11. The number of furan rings is 1. The molecule has 0 saturated carbocycles. The molecule has 2 aromatic heterocycles. The maximum atomic E-state index is 12.0. The van der Waals surface area contributed by atoms with Gasteiger partial charge in [-0.05, 0) is 26.0 Å². The molecule has 0 aliphatic heterocycles. The van der Waals surface area contributed by atoms with Crippen molar-refractivity contribution in [3.05, 3.63) is 41.1 Å². The van der Waals surface area contributed by atoms with Crippen LogP contribution in [0.1, 0.15) is 27.5 Å². The van der Waals surface area contributed by atoms with Crippen LogP contribution in [-0.2, 0) is 13.6 Å². The van der Waals surface area contributed by atoms with Gasteiger partial charge in [0, 0.05) is 12.7 Å². The van der Waals surface area contributed by atoms with Crippen LogP contribution in [0.25, 0.3) is 0 Å². The van der Waals surface area contributed by atoms with Crippen LogP contribution < -0.4 is 5.32 Å². The second kappa shape index (κ2) is 4.45. The molecule has 0 spiro atoms. The van der Waals surface area contributed by atoms with Crippen LogP contribution in [0.3, 0.4) is 0 Å². The number of nitrogens with zero attached hydrogens (tertiary/aromatic N) is 2. The van der Waals surface area contributed by atoms with Crippen molar-refractivity contribution >= 4 is 5.91 Å². The Labute approximate surface area is 99.4 Å². The summed E-state index contributed by atoms with van der Waals surface area (Å²) in [6.45, 7) is 4.09. The molecule has 17 heavy (non-hydrogen) atoms. The quantitative estimate of drug-likeness (QED) is 0.875. The van der Waals surface area contributed by atoms with E-state index in [-0.39, 0.29) is 5.91 Å². The molecule has 0 aromatic carbocycles. The molecule has 0 unspecified atom stereocenters. The molecule has 2 heterocycles. The second-order valence-corrected chi connectivity index (χ2v) is 3.93. The summed E-state index contributed by atoms with van der Waals surface area (Å²) >= 11 is 0. The van der Waals surface area contributed by atoms with Gasteiger partial charge in [0.05, 0.1) is 24.1 Å². The van der Waals surface area contributed by atoms with Crippen LogP contribution in [0.5, 0.6) is 0 Å². The van der Waals surface area contributed by atoms with Gasteiger partial charge in [-0.25, -0.2) is 0 Å². The fraction of sp³-hybridized carbons (Fsp3) is 0.333. The number of amides is 1. The van der Waals surface area contributed by atoms with Crippen molar-refractivity contribution in [3.8, 4) is 0 Å². The summed E-state index contributed by atoms with van der Waals surface area (Å²) in [6, 6.07) is 3.62. The van der Waals surface area contributed by atoms with Crippen LogP contribution in [-0.4, -0.2) is 15.7 Å². The van der Waals surface area contributed by atoms with Gasteiger partial charge < -0.3 is 9.73 Å². The molecule has 5 heteroatoms. The fourth-order valence-electron chi connectivity index (χ4n) is 1.77. The molecule has 0 aliphatic carbocycles. The zero-order chi connectivity index (χ0) is 12.4. The van der Waals surface area contributed by atoms with E-state index in [1.165, 1.54) is 0 Å². The molecule has 1 N–H and O–H groups in total. The summed E-state index contributed by atoms with van der Waals surface area (Å²) < 4.78 is 6.86. The molecule has 1 amide bonds. The van der Waals surface area contributed by atoms with Crippen molar-refractivity contribution < 1.29 is 9.21 Å². The van der Waals surface area contributed by atoms with Crippen LogP contribution in [0.15, 0.2) is 22.8 Å². The first-order chi connectivity index (χ1) is 8.09. The molecular weight excluding hydrogens is 218 g/mol. The van der Waals surface area contributed by atoms with Gasteiger partial charge in [0.25, 0.3) is 5.91 Å². The first-order valence-electron chi connectivity index (χ1n) is 5.40. The lowest BCUT2D eigenvalue weighted by Gasteiger charge is -2.03. The van der Waals surface area contributed by atoms with Gasteiger partial charge in [-0.3, -0.25) is 9.48 Å². The smallest absolute Gasteiger partial charge is 0.255 e. The van der Waals surface area contributed by atoms with Crippen molar-refractivity contribution in [1.82, 2.24) is 15.1 Å². The van der Waals surface area contributed by atoms with E-state index >= 15 is 0 Å². The first-order valence-corrected chi connectivity index (χ1v) is 5.40. The molecule has 0 bridgehead atoms. The molecule has 2 aromatic rings. The number of carbonyl (C=O) groups is 1. The third kappa shape index (κ3) is 2.22. The maximum Gasteiger partial charge on any atom is 0.255 e. The van der Waals surface area contributed by atoms with E-state index in [1.54, 1.807) is 17.0 Å². The van der Waals surface area contributed by atoms with Crippen LogP contribution in [0.4, 0.5) is 0 Å². The number of aromatic nitrogens is 2. The number of hydrogen-bond donors (Lipinski definition) is 1. The molecule has 0 fully saturated rings. The Balaban J connectivity index is 2.10. The Morgan fingerprint density at radius 3 is 2.82 bits per heavy atom. The summed E-state index contributed by atoms with van der Waals surface area (Å²) in [5.74, 6) is 0.613. The minimum Gasteiger partial charge on any atom is -0.467 e. The van der Waals surface area contributed by atoms with Crippen molar-refractivity contribution in [3.63, 3.8) is 0 Å². The molecular formula is C12H15N3O2. The lowest BCUT2D eigenvalue weighted by molar-refractivity contribution is 0.0946. The first kappa shape index (κ1) is 11.4.